The number of nitrogens with one attached hydrogen (secondary N) is 2. The van der Waals surface area contributed by atoms with Crippen LogP contribution in [0.15, 0.2) is 29.8 Å². The first kappa shape index (κ1) is 14.8. The van der Waals surface area contributed by atoms with Crippen molar-refractivity contribution in [2.75, 3.05) is 20.3 Å². The van der Waals surface area contributed by atoms with E-state index in [2.05, 4.69) is 10.3 Å². The number of fused-ring (bicyclic) bond motifs is 1. The number of aryl methyl sites for hydroxylation is 1. The summed E-state index contributed by atoms with van der Waals surface area (Å²) in [4.78, 5) is 15.2. The Kier molecular flexibility index (Phi) is 4.75. The number of benzene rings is 1. The second-order valence-electron chi connectivity index (χ2n) is 4.63. The number of H-pyrrole nitrogens is 1. The van der Waals surface area contributed by atoms with Crippen molar-refractivity contribution in [3.63, 3.8) is 0 Å². The van der Waals surface area contributed by atoms with E-state index in [0.29, 0.717) is 13.2 Å². The van der Waals surface area contributed by atoms with E-state index in [1.165, 1.54) is 0 Å². The summed E-state index contributed by atoms with van der Waals surface area (Å²) in [6.45, 7) is 2.71. The Morgan fingerprint density at radius 2 is 2.24 bits per heavy atom. The Morgan fingerprint density at radius 1 is 1.48 bits per heavy atom. The van der Waals surface area contributed by atoms with Crippen molar-refractivity contribution < 1.29 is 9.53 Å². The molecule has 0 aliphatic heterocycles. The van der Waals surface area contributed by atoms with E-state index in [0.717, 1.165) is 22.2 Å². The van der Waals surface area contributed by atoms with Crippen LogP contribution in [0.4, 0.5) is 0 Å². The number of hydrogen-bond acceptors (Lipinski definition) is 3. The molecule has 0 atom stereocenters. The highest BCUT2D eigenvalue weighted by molar-refractivity contribution is 6.04. The predicted octanol–water partition coefficient (Wildman–Crippen LogP) is 2.15. The summed E-state index contributed by atoms with van der Waals surface area (Å²) in [5.41, 5.74) is 2.86. The van der Waals surface area contributed by atoms with Crippen LogP contribution in [-0.4, -0.2) is 31.2 Å². The molecule has 0 aliphatic rings. The summed E-state index contributed by atoms with van der Waals surface area (Å²) < 4.78 is 4.87. The highest BCUT2D eigenvalue weighted by atomic mass is 16.5. The molecule has 1 heterocycles. The molecule has 0 saturated carbocycles. The van der Waals surface area contributed by atoms with Crippen molar-refractivity contribution in [2.45, 2.75) is 6.92 Å². The fraction of sp³-hybridized carbons (Fsp3) is 0.250. The molecule has 0 radical (unpaired) electrons. The zero-order valence-corrected chi connectivity index (χ0v) is 12.1. The second kappa shape index (κ2) is 6.73. The van der Waals surface area contributed by atoms with Gasteiger partial charge in [-0.1, -0.05) is 18.2 Å². The molecule has 0 aliphatic carbocycles. The average Bonchev–Trinajstić information content (AvgIpc) is 2.80. The molecule has 21 heavy (non-hydrogen) atoms. The number of nitriles is 1. The molecule has 2 N–H and O–H groups in total. The number of nitrogens with zero attached hydrogens (tertiary/aromatic N) is 1. The van der Waals surface area contributed by atoms with Gasteiger partial charge in [0.2, 0.25) is 0 Å². The first-order valence-electron chi connectivity index (χ1n) is 6.63. The molecule has 0 unspecified atom stereocenters. The Morgan fingerprint density at radius 3 is 2.95 bits per heavy atom. The van der Waals surface area contributed by atoms with Gasteiger partial charge in [0.1, 0.15) is 11.6 Å². The summed E-state index contributed by atoms with van der Waals surface area (Å²) in [6, 6.07) is 9.74. The zero-order valence-electron chi connectivity index (χ0n) is 12.1. The van der Waals surface area contributed by atoms with Gasteiger partial charge in [0.15, 0.2) is 0 Å². The summed E-state index contributed by atoms with van der Waals surface area (Å²) in [5, 5.41) is 12.8. The van der Waals surface area contributed by atoms with Gasteiger partial charge in [0.05, 0.1) is 6.61 Å². The maximum absolute atomic E-state index is 12.0. The molecule has 5 heteroatoms. The monoisotopic (exact) mass is 283 g/mol. The summed E-state index contributed by atoms with van der Waals surface area (Å²) in [7, 11) is 1.56. The maximum atomic E-state index is 12.0. The standard InChI is InChI=1S/C16H17N3O2/c1-11-14(13-5-3-4-6-15(13)19-11)9-12(10-17)16(20)18-7-8-21-2/h3-6,9,19H,7-8H2,1-2H3,(H,18,20)/b12-9+. The fourth-order valence-corrected chi connectivity index (χ4v) is 2.14. The number of aromatic nitrogens is 1. The number of carbonyl (C=O) groups excluding carboxylic acids is 1. The van der Waals surface area contributed by atoms with Crippen molar-refractivity contribution in [3.8, 4) is 6.07 Å². The number of ether oxygens (including phenoxy) is 1. The lowest BCUT2D eigenvalue weighted by Gasteiger charge is -2.03. The number of carbonyl (C=O) groups is 1. The molecule has 1 amide bonds. The molecule has 108 valence electrons. The summed E-state index contributed by atoms with van der Waals surface area (Å²) in [5.74, 6) is -0.390. The molecule has 0 saturated heterocycles. The molecule has 2 rings (SSSR count). The first-order chi connectivity index (χ1) is 10.2. The van der Waals surface area contributed by atoms with Gasteiger partial charge in [-0.15, -0.1) is 0 Å². The van der Waals surface area contributed by atoms with E-state index in [1.807, 2.05) is 37.3 Å². The van der Waals surface area contributed by atoms with Crippen LogP contribution < -0.4 is 5.32 Å². The third kappa shape index (κ3) is 3.30. The normalized spacial score (nSPS) is 11.4. The molecule has 2 aromatic rings. The first-order valence-corrected chi connectivity index (χ1v) is 6.63. The van der Waals surface area contributed by atoms with E-state index in [4.69, 9.17) is 4.74 Å². The Bertz CT molecular complexity index is 723. The van der Waals surface area contributed by atoms with Crippen LogP contribution in [0.5, 0.6) is 0 Å². The second-order valence-corrected chi connectivity index (χ2v) is 4.63. The van der Waals surface area contributed by atoms with Crippen molar-refractivity contribution in [2.24, 2.45) is 0 Å². The lowest BCUT2D eigenvalue weighted by molar-refractivity contribution is -0.117. The maximum Gasteiger partial charge on any atom is 0.262 e. The van der Waals surface area contributed by atoms with Crippen LogP contribution in [0.2, 0.25) is 0 Å². The third-order valence-electron chi connectivity index (χ3n) is 3.19. The van der Waals surface area contributed by atoms with Crippen LogP contribution in [0.25, 0.3) is 17.0 Å². The molecule has 1 aromatic heterocycles. The smallest absolute Gasteiger partial charge is 0.262 e. The van der Waals surface area contributed by atoms with Gasteiger partial charge < -0.3 is 15.0 Å². The van der Waals surface area contributed by atoms with Gasteiger partial charge in [0, 0.05) is 35.8 Å². The van der Waals surface area contributed by atoms with E-state index < -0.39 is 0 Å². The van der Waals surface area contributed by atoms with Crippen LogP contribution in [0, 0.1) is 18.3 Å². The highest BCUT2D eigenvalue weighted by Crippen LogP contribution is 2.24. The van der Waals surface area contributed by atoms with Crippen LogP contribution in [0.3, 0.4) is 0 Å². The van der Waals surface area contributed by atoms with E-state index >= 15 is 0 Å². The third-order valence-corrected chi connectivity index (χ3v) is 3.19. The topological polar surface area (TPSA) is 77.9 Å². The highest BCUT2D eigenvalue weighted by Gasteiger charge is 2.12. The number of hydrogen-bond donors (Lipinski definition) is 2. The molecule has 1 aromatic carbocycles. The Labute approximate surface area is 123 Å². The minimum Gasteiger partial charge on any atom is -0.383 e. The minimum absolute atomic E-state index is 0.0824. The van der Waals surface area contributed by atoms with Crippen molar-refractivity contribution >= 4 is 22.9 Å². The van der Waals surface area contributed by atoms with Crippen LogP contribution in [-0.2, 0) is 9.53 Å². The van der Waals surface area contributed by atoms with Gasteiger partial charge in [0.25, 0.3) is 5.91 Å². The van der Waals surface area contributed by atoms with E-state index in [9.17, 15) is 10.1 Å². The van der Waals surface area contributed by atoms with E-state index in [-0.39, 0.29) is 11.5 Å². The number of para-hydroxylation sites is 1. The van der Waals surface area contributed by atoms with Gasteiger partial charge in [-0.25, -0.2) is 0 Å². The SMILES string of the molecule is COCCNC(=O)/C(C#N)=C/c1c(C)[nH]c2ccccc12. The molecule has 0 fully saturated rings. The molecule has 0 bridgehead atoms. The van der Waals surface area contributed by atoms with Gasteiger partial charge >= 0.3 is 0 Å². The number of aromatic amines is 1. The summed E-state index contributed by atoms with van der Waals surface area (Å²) >= 11 is 0. The van der Waals surface area contributed by atoms with Crippen molar-refractivity contribution in [3.05, 3.63) is 41.1 Å². The minimum atomic E-state index is -0.390. The van der Waals surface area contributed by atoms with Gasteiger partial charge in [-0.05, 0) is 19.1 Å². The van der Waals surface area contributed by atoms with Gasteiger partial charge in [-0.2, -0.15) is 5.26 Å². The molecule has 0 spiro atoms. The van der Waals surface area contributed by atoms with Crippen molar-refractivity contribution in [1.29, 1.82) is 5.26 Å². The number of rotatable bonds is 5. The number of amides is 1. The lowest BCUT2D eigenvalue weighted by Crippen LogP contribution is -2.27. The predicted molar refractivity (Wildman–Crippen MR) is 81.5 cm³/mol. The van der Waals surface area contributed by atoms with Crippen molar-refractivity contribution in [1.82, 2.24) is 10.3 Å². The van der Waals surface area contributed by atoms with Crippen LogP contribution >= 0.6 is 0 Å². The lowest BCUT2D eigenvalue weighted by atomic mass is 10.1. The zero-order chi connectivity index (χ0) is 15.2. The quantitative estimate of drug-likeness (QED) is 0.501. The largest absolute Gasteiger partial charge is 0.383 e. The molecule has 5 nitrogen and oxygen atoms in total. The average molecular weight is 283 g/mol. The number of methoxy groups -OCH3 is 1. The Balaban J connectivity index is 2.32. The van der Waals surface area contributed by atoms with Crippen LogP contribution in [0.1, 0.15) is 11.3 Å². The van der Waals surface area contributed by atoms with E-state index in [1.54, 1.807) is 13.2 Å². The van der Waals surface area contributed by atoms with Gasteiger partial charge in [-0.3, -0.25) is 4.79 Å². The molecular weight excluding hydrogens is 266 g/mol. The summed E-state index contributed by atoms with van der Waals surface area (Å²) in [6.07, 6.45) is 1.62. The molecular formula is C16H17N3O2. The Hall–Kier alpha value is -2.58. The fourth-order valence-electron chi connectivity index (χ4n) is 2.14.